The molecule has 2 aromatic rings. The summed E-state index contributed by atoms with van der Waals surface area (Å²) in [5, 5.41) is 8.99. The topological polar surface area (TPSA) is 80.4 Å². The molecule has 0 aliphatic rings. The maximum Gasteiger partial charge on any atom is 0.337 e. The Labute approximate surface area is 104 Å². The third kappa shape index (κ3) is 2.22. The fourth-order valence-corrected chi connectivity index (χ4v) is 1.68. The summed E-state index contributed by atoms with van der Waals surface area (Å²) in [5.41, 5.74) is 8.06. The van der Waals surface area contributed by atoms with E-state index in [9.17, 15) is 9.59 Å². The first-order chi connectivity index (χ1) is 8.61. The Kier molecular flexibility index (Phi) is 3.10. The Bertz CT molecular complexity index is 603. The summed E-state index contributed by atoms with van der Waals surface area (Å²) >= 11 is 0. The summed E-state index contributed by atoms with van der Waals surface area (Å²) < 4.78 is 0. The molecule has 0 saturated heterocycles. The lowest BCUT2D eigenvalue weighted by atomic mass is 10.0. The van der Waals surface area contributed by atoms with Crippen LogP contribution in [0.4, 0.5) is 5.69 Å². The largest absolute Gasteiger partial charge is 0.478 e. The van der Waals surface area contributed by atoms with Crippen LogP contribution < -0.4 is 5.73 Å². The van der Waals surface area contributed by atoms with Crippen LogP contribution in [0.3, 0.4) is 0 Å². The van der Waals surface area contributed by atoms with Gasteiger partial charge >= 0.3 is 5.97 Å². The smallest absolute Gasteiger partial charge is 0.337 e. The highest BCUT2D eigenvalue weighted by atomic mass is 16.4. The van der Waals surface area contributed by atoms with Gasteiger partial charge in [-0.2, -0.15) is 0 Å². The van der Waals surface area contributed by atoms with Crippen molar-refractivity contribution >= 4 is 17.9 Å². The molecule has 2 aromatic carbocycles. The highest BCUT2D eigenvalue weighted by Gasteiger charge is 2.09. The molecule has 4 nitrogen and oxygen atoms in total. The molecule has 0 aliphatic heterocycles. The summed E-state index contributed by atoms with van der Waals surface area (Å²) in [6, 6.07) is 11.7. The van der Waals surface area contributed by atoms with Crippen molar-refractivity contribution < 1.29 is 14.7 Å². The Balaban J connectivity index is 2.47. The molecule has 0 aliphatic carbocycles. The molecule has 0 radical (unpaired) electrons. The Morgan fingerprint density at radius 1 is 1.06 bits per heavy atom. The molecule has 0 atom stereocenters. The maximum atomic E-state index is 11.0. The quantitative estimate of drug-likeness (QED) is 0.638. The fraction of sp³-hybridized carbons (Fsp3) is 0. The predicted molar refractivity (Wildman–Crippen MR) is 68.6 cm³/mol. The van der Waals surface area contributed by atoms with Crippen molar-refractivity contribution in [3.8, 4) is 11.1 Å². The van der Waals surface area contributed by atoms with Crippen LogP contribution in [0.25, 0.3) is 11.1 Å². The highest BCUT2D eigenvalue weighted by molar-refractivity contribution is 5.95. The standard InChI is InChI=1S/C14H11NO3/c15-13-6-5-11(7-12(13)14(17)18)10-3-1-9(8-16)2-4-10/h1-8H,15H2,(H,17,18). The lowest BCUT2D eigenvalue weighted by Gasteiger charge is -2.06. The van der Waals surface area contributed by atoms with E-state index in [1.165, 1.54) is 6.07 Å². The van der Waals surface area contributed by atoms with E-state index in [-0.39, 0.29) is 11.3 Å². The lowest BCUT2D eigenvalue weighted by Crippen LogP contribution is -2.02. The van der Waals surface area contributed by atoms with Crippen LogP contribution in [0.5, 0.6) is 0 Å². The monoisotopic (exact) mass is 241 g/mol. The van der Waals surface area contributed by atoms with Crippen LogP contribution in [0.15, 0.2) is 42.5 Å². The molecule has 0 amide bonds. The molecule has 0 fully saturated rings. The van der Waals surface area contributed by atoms with E-state index in [1.54, 1.807) is 36.4 Å². The number of carbonyl (C=O) groups is 2. The zero-order valence-electron chi connectivity index (χ0n) is 9.46. The summed E-state index contributed by atoms with van der Waals surface area (Å²) in [5.74, 6) is -1.06. The van der Waals surface area contributed by atoms with E-state index in [0.29, 0.717) is 5.56 Å². The van der Waals surface area contributed by atoms with Gasteiger partial charge in [0.05, 0.1) is 5.56 Å². The number of hydrogen-bond acceptors (Lipinski definition) is 3. The Morgan fingerprint density at radius 2 is 1.67 bits per heavy atom. The fourth-order valence-electron chi connectivity index (χ4n) is 1.68. The van der Waals surface area contributed by atoms with Crippen molar-refractivity contribution in [2.24, 2.45) is 0 Å². The van der Waals surface area contributed by atoms with E-state index in [2.05, 4.69) is 0 Å². The van der Waals surface area contributed by atoms with E-state index in [4.69, 9.17) is 10.8 Å². The van der Waals surface area contributed by atoms with Crippen LogP contribution in [0.2, 0.25) is 0 Å². The first-order valence-corrected chi connectivity index (χ1v) is 5.30. The number of carbonyl (C=O) groups excluding carboxylic acids is 1. The number of carboxylic acid groups (broad SMARTS) is 1. The van der Waals surface area contributed by atoms with E-state index >= 15 is 0 Å². The minimum absolute atomic E-state index is 0.0759. The molecule has 0 aromatic heterocycles. The molecule has 0 saturated carbocycles. The molecular formula is C14H11NO3. The molecule has 0 unspecified atom stereocenters. The van der Waals surface area contributed by atoms with E-state index in [1.807, 2.05) is 0 Å². The van der Waals surface area contributed by atoms with Crippen LogP contribution in [-0.4, -0.2) is 17.4 Å². The van der Waals surface area contributed by atoms with Crippen molar-refractivity contribution in [2.75, 3.05) is 5.73 Å². The number of carboxylic acids is 1. The third-order valence-electron chi connectivity index (χ3n) is 2.66. The van der Waals surface area contributed by atoms with Gasteiger partial charge in [0.2, 0.25) is 0 Å². The molecule has 0 bridgehead atoms. The predicted octanol–water partition coefficient (Wildman–Crippen LogP) is 2.45. The highest BCUT2D eigenvalue weighted by Crippen LogP contribution is 2.24. The molecule has 0 heterocycles. The van der Waals surface area contributed by atoms with Gasteiger partial charge in [-0.05, 0) is 23.3 Å². The molecule has 2 rings (SSSR count). The normalized spacial score (nSPS) is 10.0. The van der Waals surface area contributed by atoms with Gasteiger partial charge in [0, 0.05) is 11.3 Å². The van der Waals surface area contributed by atoms with Crippen LogP contribution in [-0.2, 0) is 0 Å². The van der Waals surface area contributed by atoms with Gasteiger partial charge in [-0.3, -0.25) is 4.79 Å². The first kappa shape index (κ1) is 11.9. The number of nitrogens with two attached hydrogens (primary N) is 1. The van der Waals surface area contributed by atoms with Gasteiger partial charge < -0.3 is 10.8 Å². The van der Waals surface area contributed by atoms with E-state index in [0.717, 1.165) is 17.4 Å². The zero-order valence-corrected chi connectivity index (χ0v) is 9.46. The maximum absolute atomic E-state index is 11.0. The second kappa shape index (κ2) is 4.71. The van der Waals surface area contributed by atoms with Gasteiger partial charge in [-0.25, -0.2) is 4.79 Å². The zero-order chi connectivity index (χ0) is 13.1. The van der Waals surface area contributed by atoms with Gasteiger partial charge in [-0.1, -0.05) is 30.3 Å². The number of aldehydes is 1. The molecule has 4 heteroatoms. The van der Waals surface area contributed by atoms with Crippen LogP contribution >= 0.6 is 0 Å². The second-order valence-corrected chi connectivity index (χ2v) is 3.85. The average Bonchev–Trinajstić information content (AvgIpc) is 2.39. The summed E-state index contributed by atoms with van der Waals surface area (Å²) in [6.07, 6.45) is 0.759. The number of nitrogen functional groups attached to an aromatic ring is 1. The summed E-state index contributed by atoms with van der Waals surface area (Å²) in [4.78, 5) is 21.5. The van der Waals surface area contributed by atoms with Crippen molar-refractivity contribution in [3.05, 3.63) is 53.6 Å². The van der Waals surface area contributed by atoms with Gasteiger partial charge in [-0.15, -0.1) is 0 Å². The molecule has 18 heavy (non-hydrogen) atoms. The summed E-state index contributed by atoms with van der Waals surface area (Å²) in [7, 11) is 0. The van der Waals surface area contributed by atoms with Gasteiger partial charge in [0.15, 0.2) is 0 Å². The number of rotatable bonds is 3. The van der Waals surface area contributed by atoms with Crippen molar-refractivity contribution in [3.63, 3.8) is 0 Å². The van der Waals surface area contributed by atoms with Gasteiger partial charge in [0.25, 0.3) is 0 Å². The number of aromatic carboxylic acids is 1. The number of hydrogen-bond donors (Lipinski definition) is 2. The Hall–Kier alpha value is -2.62. The minimum atomic E-state index is -1.06. The van der Waals surface area contributed by atoms with Crippen molar-refractivity contribution in [1.29, 1.82) is 0 Å². The number of anilines is 1. The molecule has 0 spiro atoms. The van der Waals surface area contributed by atoms with Crippen LogP contribution in [0.1, 0.15) is 20.7 Å². The first-order valence-electron chi connectivity index (χ1n) is 5.30. The SMILES string of the molecule is Nc1ccc(-c2ccc(C=O)cc2)cc1C(=O)O. The average molecular weight is 241 g/mol. The number of benzene rings is 2. The van der Waals surface area contributed by atoms with E-state index < -0.39 is 5.97 Å². The van der Waals surface area contributed by atoms with Crippen molar-refractivity contribution in [2.45, 2.75) is 0 Å². The second-order valence-electron chi connectivity index (χ2n) is 3.85. The molecule has 90 valence electrons. The summed E-state index contributed by atoms with van der Waals surface area (Å²) in [6.45, 7) is 0. The van der Waals surface area contributed by atoms with Crippen LogP contribution in [0, 0.1) is 0 Å². The Morgan fingerprint density at radius 3 is 2.22 bits per heavy atom. The molecular weight excluding hydrogens is 230 g/mol. The van der Waals surface area contributed by atoms with Gasteiger partial charge in [0.1, 0.15) is 6.29 Å². The lowest BCUT2D eigenvalue weighted by molar-refractivity contribution is 0.0698. The van der Waals surface area contributed by atoms with Crippen molar-refractivity contribution in [1.82, 2.24) is 0 Å². The minimum Gasteiger partial charge on any atom is -0.478 e. The third-order valence-corrected chi connectivity index (χ3v) is 2.66. The molecule has 3 N–H and O–H groups in total.